The molecule has 0 heterocycles. The summed E-state index contributed by atoms with van der Waals surface area (Å²) in [6.45, 7) is 3.42. The summed E-state index contributed by atoms with van der Waals surface area (Å²) in [7, 11) is -5.53. The molecule has 0 saturated heterocycles. The summed E-state index contributed by atoms with van der Waals surface area (Å²) in [5.74, 6) is -1.37. The van der Waals surface area contributed by atoms with Gasteiger partial charge in [-0.25, -0.2) is 13.2 Å². The van der Waals surface area contributed by atoms with E-state index >= 15 is 8.78 Å². The van der Waals surface area contributed by atoms with Crippen LogP contribution in [0.15, 0.2) is 97.1 Å². The number of halogens is 2. The average molecular weight is 595 g/mol. The molecule has 3 aromatic carbocycles. The molecule has 0 N–H and O–H groups in total. The maximum absolute atomic E-state index is 16.2. The number of hydrogen-bond acceptors (Lipinski definition) is 6. The lowest BCUT2D eigenvalue weighted by molar-refractivity contribution is -0.156. The van der Waals surface area contributed by atoms with Gasteiger partial charge in [0.15, 0.2) is 11.4 Å². The molecule has 5 rings (SSSR count). The summed E-state index contributed by atoms with van der Waals surface area (Å²) >= 11 is 0. The molecule has 2 aliphatic carbocycles. The second kappa shape index (κ2) is 11.4. The van der Waals surface area contributed by atoms with E-state index in [1.807, 2.05) is 0 Å². The van der Waals surface area contributed by atoms with Crippen LogP contribution in [-0.2, 0) is 28.9 Å². The van der Waals surface area contributed by atoms with Crippen molar-refractivity contribution in [3.8, 4) is 5.75 Å². The maximum atomic E-state index is 16.2. The van der Waals surface area contributed by atoms with Crippen molar-refractivity contribution in [1.82, 2.24) is 0 Å². The number of alkyl halides is 2. The Balaban J connectivity index is 1.59. The van der Waals surface area contributed by atoms with Crippen LogP contribution in [0.1, 0.15) is 49.3 Å². The minimum atomic E-state index is -5.53. The Morgan fingerprint density at radius 2 is 1.40 bits per heavy atom. The number of carbonyl (C=O) groups excluding carboxylic acids is 2. The standard InChI is InChI=1S/C33H32F2O6S/c1-22(2)30(36)41-28-17-15-27(16-18-28)33(25-9-5-3-6-10-25,26-11-7-4-8-12-26)42(38,39)32(34,35)21-40-31(37)29-20-23-13-14-24(29)19-23/h3-12,15-18,23-24,29H,1,13-14,19-21H2,2H3. The highest BCUT2D eigenvalue weighted by Crippen LogP contribution is 2.51. The Morgan fingerprint density at radius 3 is 1.88 bits per heavy atom. The number of carbonyl (C=O) groups is 2. The summed E-state index contributed by atoms with van der Waals surface area (Å²) in [5.41, 5.74) is 0.294. The highest BCUT2D eigenvalue weighted by Gasteiger charge is 2.62. The maximum Gasteiger partial charge on any atom is 0.380 e. The van der Waals surface area contributed by atoms with Crippen molar-refractivity contribution in [3.05, 3.63) is 114 Å². The van der Waals surface area contributed by atoms with E-state index in [9.17, 15) is 18.0 Å². The third kappa shape index (κ3) is 5.15. The van der Waals surface area contributed by atoms with Crippen molar-refractivity contribution in [3.63, 3.8) is 0 Å². The van der Waals surface area contributed by atoms with E-state index in [4.69, 9.17) is 9.47 Å². The van der Waals surface area contributed by atoms with Crippen LogP contribution < -0.4 is 4.74 Å². The zero-order valence-electron chi connectivity index (χ0n) is 23.2. The fraction of sp³-hybridized carbons (Fsp3) is 0.333. The lowest BCUT2D eigenvalue weighted by Gasteiger charge is -2.37. The first-order valence-electron chi connectivity index (χ1n) is 13.9. The molecule has 42 heavy (non-hydrogen) atoms. The molecule has 2 fully saturated rings. The van der Waals surface area contributed by atoms with Gasteiger partial charge in [-0.2, -0.15) is 8.78 Å². The number of ether oxygens (including phenoxy) is 2. The van der Waals surface area contributed by atoms with Crippen molar-refractivity contribution >= 4 is 21.8 Å². The van der Waals surface area contributed by atoms with Gasteiger partial charge in [0.25, 0.3) is 0 Å². The van der Waals surface area contributed by atoms with Gasteiger partial charge in [-0.05, 0) is 66.8 Å². The fourth-order valence-corrected chi connectivity index (χ4v) is 8.36. The quantitative estimate of drug-likeness (QED) is 0.116. The van der Waals surface area contributed by atoms with Gasteiger partial charge in [0.05, 0.1) is 5.92 Å². The molecular weight excluding hydrogens is 562 g/mol. The minimum Gasteiger partial charge on any atom is -0.458 e. The van der Waals surface area contributed by atoms with E-state index in [1.54, 1.807) is 36.4 Å². The second-order valence-corrected chi connectivity index (χ2v) is 13.4. The van der Waals surface area contributed by atoms with Crippen LogP contribution in [0.2, 0.25) is 0 Å². The molecule has 3 unspecified atom stereocenters. The normalized spacial score (nSPS) is 20.2. The molecular formula is C33H32F2O6S. The Labute approximate surface area is 244 Å². The van der Waals surface area contributed by atoms with Crippen LogP contribution >= 0.6 is 0 Å². The van der Waals surface area contributed by atoms with E-state index in [2.05, 4.69) is 6.58 Å². The number of hydrogen-bond donors (Lipinski definition) is 0. The predicted octanol–water partition coefficient (Wildman–Crippen LogP) is 6.45. The van der Waals surface area contributed by atoms with Gasteiger partial charge in [-0.1, -0.05) is 85.8 Å². The van der Waals surface area contributed by atoms with Gasteiger partial charge in [0, 0.05) is 5.57 Å². The van der Waals surface area contributed by atoms with E-state index in [1.165, 1.54) is 55.5 Å². The van der Waals surface area contributed by atoms with Crippen LogP contribution in [0.4, 0.5) is 8.78 Å². The number of rotatable bonds is 10. The molecule has 6 nitrogen and oxygen atoms in total. The first-order valence-corrected chi connectivity index (χ1v) is 15.3. The first kappa shape index (κ1) is 29.6. The molecule has 2 aliphatic rings. The average Bonchev–Trinajstić information content (AvgIpc) is 3.62. The van der Waals surface area contributed by atoms with Gasteiger partial charge in [0.2, 0.25) is 9.84 Å². The molecule has 9 heteroatoms. The van der Waals surface area contributed by atoms with Crippen molar-refractivity contribution < 1.29 is 36.3 Å². The molecule has 3 atom stereocenters. The van der Waals surface area contributed by atoms with E-state index < -0.39 is 44.3 Å². The first-order chi connectivity index (χ1) is 20.0. The lowest BCUT2D eigenvalue weighted by Crippen LogP contribution is -2.50. The Morgan fingerprint density at radius 1 is 0.857 bits per heavy atom. The molecule has 0 aromatic heterocycles. The molecule has 0 aliphatic heterocycles. The summed E-state index contributed by atoms with van der Waals surface area (Å²) in [6.07, 6.45) is 3.32. The highest BCUT2D eigenvalue weighted by atomic mass is 32.2. The smallest absolute Gasteiger partial charge is 0.380 e. The van der Waals surface area contributed by atoms with Crippen molar-refractivity contribution in [2.45, 2.75) is 42.6 Å². The summed E-state index contributed by atoms with van der Waals surface area (Å²) in [5, 5.41) is -4.46. The SMILES string of the molecule is C=C(C)C(=O)Oc1ccc(C(c2ccccc2)(c2ccccc2)S(=O)(=O)C(F)(F)COC(=O)C2CC3CCC2C3)cc1. The molecule has 0 radical (unpaired) electrons. The number of sulfone groups is 1. The van der Waals surface area contributed by atoms with Crippen LogP contribution in [-0.4, -0.2) is 32.2 Å². The minimum absolute atomic E-state index is 0.00544. The molecule has 2 bridgehead atoms. The Hall–Kier alpha value is -3.85. The Bertz CT molecular complexity index is 1530. The van der Waals surface area contributed by atoms with E-state index in [-0.39, 0.29) is 33.9 Å². The van der Waals surface area contributed by atoms with Crippen molar-refractivity contribution in [2.75, 3.05) is 6.61 Å². The zero-order valence-corrected chi connectivity index (χ0v) is 24.0. The molecule has 3 aromatic rings. The zero-order chi connectivity index (χ0) is 30.1. The van der Waals surface area contributed by atoms with E-state index in [0.717, 1.165) is 19.3 Å². The molecule has 220 valence electrons. The largest absolute Gasteiger partial charge is 0.458 e. The topological polar surface area (TPSA) is 86.7 Å². The third-order valence-electron chi connectivity index (χ3n) is 8.40. The monoisotopic (exact) mass is 594 g/mol. The number of fused-ring (bicyclic) bond motifs is 2. The van der Waals surface area contributed by atoms with Gasteiger partial charge < -0.3 is 9.47 Å². The number of esters is 2. The van der Waals surface area contributed by atoms with Crippen molar-refractivity contribution in [2.24, 2.45) is 17.8 Å². The van der Waals surface area contributed by atoms with Crippen LogP contribution in [0.3, 0.4) is 0 Å². The fourth-order valence-electron chi connectivity index (χ4n) is 6.36. The summed E-state index contributed by atoms with van der Waals surface area (Å²) in [6, 6.07) is 20.8. The highest BCUT2D eigenvalue weighted by molar-refractivity contribution is 7.93. The lowest BCUT2D eigenvalue weighted by atomic mass is 9.84. The summed E-state index contributed by atoms with van der Waals surface area (Å²) in [4.78, 5) is 24.9. The van der Waals surface area contributed by atoms with Crippen LogP contribution in [0.25, 0.3) is 0 Å². The van der Waals surface area contributed by atoms with Gasteiger partial charge in [-0.15, -0.1) is 0 Å². The van der Waals surface area contributed by atoms with Gasteiger partial charge in [-0.3, -0.25) is 4.79 Å². The predicted molar refractivity (Wildman–Crippen MR) is 153 cm³/mol. The van der Waals surface area contributed by atoms with Gasteiger partial charge in [0.1, 0.15) is 5.75 Å². The van der Waals surface area contributed by atoms with Gasteiger partial charge >= 0.3 is 17.2 Å². The molecule has 0 spiro atoms. The molecule has 2 saturated carbocycles. The van der Waals surface area contributed by atoms with Crippen LogP contribution in [0, 0.1) is 17.8 Å². The van der Waals surface area contributed by atoms with Crippen molar-refractivity contribution in [1.29, 1.82) is 0 Å². The second-order valence-electron chi connectivity index (χ2n) is 11.1. The van der Waals surface area contributed by atoms with E-state index in [0.29, 0.717) is 12.3 Å². The Kier molecular flexibility index (Phi) is 8.07. The third-order valence-corrected chi connectivity index (χ3v) is 10.8. The molecule has 0 amide bonds. The van der Waals surface area contributed by atoms with Crippen LogP contribution in [0.5, 0.6) is 5.75 Å². The number of benzene rings is 3. The summed E-state index contributed by atoms with van der Waals surface area (Å²) < 4.78 is 69.2.